The van der Waals surface area contributed by atoms with Crippen molar-refractivity contribution < 1.29 is 0 Å². The molecule has 0 unspecified atom stereocenters. The number of aryl methyl sites for hydroxylation is 1. The summed E-state index contributed by atoms with van der Waals surface area (Å²) in [7, 11) is 3.48. The maximum atomic E-state index is 11.0. The maximum absolute atomic E-state index is 11.0. The van der Waals surface area contributed by atoms with Gasteiger partial charge in [-0.2, -0.15) is 4.98 Å². The molecule has 0 saturated heterocycles. The summed E-state index contributed by atoms with van der Waals surface area (Å²) in [4.78, 5) is 16.2. The van der Waals surface area contributed by atoms with Gasteiger partial charge in [0.1, 0.15) is 5.82 Å². The molecule has 0 aliphatic rings. The molecule has 0 bridgehead atoms. The van der Waals surface area contributed by atoms with Crippen molar-refractivity contribution in [1.82, 2.24) is 14.5 Å². The topological polar surface area (TPSA) is 51.9 Å². The Kier molecular flexibility index (Phi) is 1.98. The highest BCUT2D eigenvalue weighted by molar-refractivity contribution is 4.85. The van der Waals surface area contributed by atoms with Crippen molar-refractivity contribution in [3.05, 3.63) is 16.3 Å². The van der Waals surface area contributed by atoms with E-state index in [9.17, 15) is 4.79 Å². The van der Waals surface area contributed by atoms with Crippen LogP contribution in [0.5, 0.6) is 0 Å². The Bertz CT molecular complexity index is 298. The highest BCUT2D eigenvalue weighted by Gasteiger charge is 2.04. The quantitative estimate of drug-likeness (QED) is 0.617. The predicted molar refractivity (Wildman–Crippen MR) is 42.1 cm³/mol. The molecule has 0 aliphatic heterocycles. The van der Waals surface area contributed by atoms with Gasteiger partial charge in [0.2, 0.25) is 0 Å². The van der Waals surface area contributed by atoms with Crippen LogP contribution < -0.4 is 11.1 Å². The lowest BCUT2D eigenvalue weighted by molar-refractivity contribution is 0.571. The molecule has 0 radical (unpaired) electrons. The van der Waals surface area contributed by atoms with Gasteiger partial charge in [-0.15, -0.1) is 4.79 Å². The van der Waals surface area contributed by atoms with Crippen molar-refractivity contribution in [2.45, 2.75) is 13.3 Å². The minimum absolute atomic E-state index is 0.258. The van der Waals surface area contributed by atoms with Gasteiger partial charge >= 0.3 is 5.69 Å². The SMILES string of the molecule is CCc1nc(=O)n(NC)n1C. The molecule has 0 amide bonds. The van der Waals surface area contributed by atoms with E-state index < -0.39 is 0 Å². The van der Waals surface area contributed by atoms with Gasteiger partial charge in [-0.25, -0.2) is 4.79 Å². The van der Waals surface area contributed by atoms with E-state index in [1.807, 2.05) is 6.92 Å². The van der Waals surface area contributed by atoms with E-state index in [1.165, 1.54) is 4.79 Å². The molecule has 11 heavy (non-hydrogen) atoms. The van der Waals surface area contributed by atoms with Gasteiger partial charge in [-0.1, -0.05) is 6.92 Å². The van der Waals surface area contributed by atoms with Gasteiger partial charge in [0.15, 0.2) is 0 Å². The molecule has 1 aromatic heterocycles. The lowest BCUT2D eigenvalue weighted by Gasteiger charge is -2.04. The van der Waals surface area contributed by atoms with E-state index in [4.69, 9.17) is 0 Å². The number of aromatic nitrogens is 3. The van der Waals surface area contributed by atoms with Crippen LogP contribution in [0.4, 0.5) is 0 Å². The van der Waals surface area contributed by atoms with Gasteiger partial charge in [0, 0.05) is 20.5 Å². The average molecular weight is 156 g/mol. The van der Waals surface area contributed by atoms with E-state index in [1.54, 1.807) is 18.8 Å². The van der Waals surface area contributed by atoms with Crippen molar-refractivity contribution in [2.24, 2.45) is 7.05 Å². The molecule has 62 valence electrons. The van der Waals surface area contributed by atoms with E-state index in [-0.39, 0.29) is 5.69 Å². The predicted octanol–water partition coefficient (Wildman–Crippen LogP) is -0.683. The smallest absolute Gasteiger partial charge is 0.310 e. The van der Waals surface area contributed by atoms with Crippen LogP contribution >= 0.6 is 0 Å². The van der Waals surface area contributed by atoms with Crippen LogP contribution in [0.15, 0.2) is 4.79 Å². The third-order valence-corrected chi connectivity index (χ3v) is 1.61. The monoisotopic (exact) mass is 156 g/mol. The molecular weight excluding hydrogens is 144 g/mol. The van der Waals surface area contributed by atoms with Gasteiger partial charge < -0.3 is 5.43 Å². The molecule has 0 saturated carbocycles. The summed E-state index contributed by atoms with van der Waals surface area (Å²) in [5.41, 5.74) is 2.47. The number of hydrogen-bond acceptors (Lipinski definition) is 3. The Morgan fingerprint density at radius 1 is 1.64 bits per heavy atom. The van der Waals surface area contributed by atoms with Crippen molar-refractivity contribution >= 4 is 0 Å². The standard InChI is InChI=1S/C6H12N4O/c1-4-5-8-6(11)10(7-2)9(5)3/h7H,4H2,1-3H3. The molecule has 5 nitrogen and oxygen atoms in total. The van der Waals surface area contributed by atoms with E-state index >= 15 is 0 Å². The molecule has 0 aliphatic carbocycles. The minimum atomic E-state index is -0.258. The summed E-state index contributed by atoms with van der Waals surface area (Å²) in [6, 6.07) is 0. The molecule has 0 aromatic carbocycles. The largest absolute Gasteiger partial charge is 0.383 e. The summed E-state index contributed by atoms with van der Waals surface area (Å²) >= 11 is 0. The van der Waals surface area contributed by atoms with Gasteiger partial charge in [-0.3, -0.25) is 4.68 Å². The van der Waals surface area contributed by atoms with Gasteiger partial charge in [0.05, 0.1) is 0 Å². The van der Waals surface area contributed by atoms with Crippen LogP contribution in [0.3, 0.4) is 0 Å². The fourth-order valence-electron chi connectivity index (χ4n) is 1.03. The number of rotatable bonds is 2. The summed E-state index contributed by atoms with van der Waals surface area (Å²) < 4.78 is 1.70. The van der Waals surface area contributed by atoms with E-state index in [2.05, 4.69) is 10.4 Å². The fourth-order valence-corrected chi connectivity index (χ4v) is 1.03. The van der Waals surface area contributed by atoms with Crippen LogP contribution in [-0.4, -0.2) is 21.5 Å². The molecule has 1 heterocycles. The second-order valence-corrected chi connectivity index (χ2v) is 2.22. The first-order valence-corrected chi connectivity index (χ1v) is 3.53. The molecule has 1 N–H and O–H groups in total. The highest BCUT2D eigenvalue weighted by Crippen LogP contribution is 1.88. The summed E-state index contributed by atoms with van der Waals surface area (Å²) in [5.74, 6) is 0.782. The lowest BCUT2D eigenvalue weighted by atomic mass is 10.5. The van der Waals surface area contributed by atoms with Crippen molar-refractivity contribution in [3.8, 4) is 0 Å². The highest BCUT2D eigenvalue weighted by atomic mass is 16.2. The Balaban J connectivity index is 3.25. The molecular formula is C6H12N4O. The Hall–Kier alpha value is -1.26. The van der Waals surface area contributed by atoms with Gasteiger partial charge in [0.25, 0.3) is 0 Å². The maximum Gasteiger partial charge on any atom is 0.383 e. The van der Waals surface area contributed by atoms with Crippen molar-refractivity contribution in [2.75, 3.05) is 12.5 Å². The van der Waals surface area contributed by atoms with Crippen LogP contribution in [-0.2, 0) is 13.5 Å². The van der Waals surface area contributed by atoms with Crippen LogP contribution in [0.1, 0.15) is 12.7 Å². The first-order valence-electron chi connectivity index (χ1n) is 3.53. The Labute approximate surface area is 64.6 Å². The zero-order valence-electron chi connectivity index (χ0n) is 6.96. The van der Waals surface area contributed by atoms with E-state index in [0.29, 0.717) is 0 Å². The van der Waals surface area contributed by atoms with Crippen LogP contribution in [0.25, 0.3) is 0 Å². The second-order valence-electron chi connectivity index (χ2n) is 2.22. The normalized spacial score (nSPS) is 10.1. The molecule has 5 heteroatoms. The first kappa shape index (κ1) is 7.84. The van der Waals surface area contributed by atoms with E-state index in [0.717, 1.165) is 12.2 Å². The minimum Gasteiger partial charge on any atom is -0.310 e. The van der Waals surface area contributed by atoms with Crippen LogP contribution in [0, 0.1) is 0 Å². The summed E-state index contributed by atoms with van der Waals surface area (Å²) in [5, 5.41) is 0. The molecule has 0 spiro atoms. The number of nitrogens with zero attached hydrogens (tertiary/aromatic N) is 3. The molecule has 0 fully saturated rings. The van der Waals surface area contributed by atoms with Crippen molar-refractivity contribution in [1.29, 1.82) is 0 Å². The summed E-state index contributed by atoms with van der Waals surface area (Å²) in [6.45, 7) is 1.96. The van der Waals surface area contributed by atoms with Crippen LogP contribution in [0.2, 0.25) is 0 Å². The third kappa shape index (κ3) is 1.13. The van der Waals surface area contributed by atoms with Gasteiger partial charge in [-0.05, 0) is 0 Å². The fraction of sp³-hybridized carbons (Fsp3) is 0.667. The zero-order valence-corrected chi connectivity index (χ0v) is 6.96. The molecule has 1 aromatic rings. The second kappa shape index (κ2) is 2.77. The zero-order chi connectivity index (χ0) is 8.43. The third-order valence-electron chi connectivity index (χ3n) is 1.61. The Morgan fingerprint density at radius 2 is 2.27 bits per heavy atom. The number of hydrogen-bond donors (Lipinski definition) is 1. The average Bonchev–Trinajstić information content (AvgIpc) is 2.26. The number of nitrogens with one attached hydrogen (secondary N) is 1. The molecule has 1 rings (SSSR count). The Morgan fingerprint density at radius 3 is 2.55 bits per heavy atom. The lowest BCUT2D eigenvalue weighted by Crippen LogP contribution is -2.29. The van der Waals surface area contributed by atoms with Crippen molar-refractivity contribution in [3.63, 3.8) is 0 Å². The first-order chi connectivity index (χ1) is 5.20. The summed E-state index contributed by atoms with van der Waals surface area (Å²) in [6.07, 6.45) is 0.764. The molecule has 0 atom stereocenters.